The Balaban J connectivity index is 2.65. The number of alkyl halides is 3. The summed E-state index contributed by atoms with van der Waals surface area (Å²) in [6.07, 6.45) is -3.86. The van der Waals surface area contributed by atoms with E-state index in [9.17, 15) is 28.1 Å². The summed E-state index contributed by atoms with van der Waals surface area (Å²) in [5.41, 5.74) is -0.518. The van der Waals surface area contributed by atoms with E-state index in [0.29, 0.717) is 0 Å². The van der Waals surface area contributed by atoms with Crippen LogP contribution in [0.4, 0.5) is 18.9 Å². The molecule has 2 aromatic rings. The second-order valence-electron chi connectivity index (χ2n) is 4.23. The molecule has 1 atom stereocenters. The minimum absolute atomic E-state index is 0.0445. The van der Waals surface area contributed by atoms with Crippen LogP contribution in [0.15, 0.2) is 24.4 Å². The Hall–Kier alpha value is -2.58. The van der Waals surface area contributed by atoms with E-state index in [1.807, 2.05) is 0 Å². The minimum atomic E-state index is -4.87. The summed E-state index contributed by atoms with van der Waals surface area (Å²) in [7, 11) is 0.846. The third-order valence-electron chi connectivity index (χ3n) is 2.98. The molecule has 9 heteroatoms. The van der Waals surface area contributed by atoms with Gasteiger partial charge >= 0.3 is 12.1 Å². The van der Waals surface area contributed by atoms with Crippen LogP contribution in [-0.4, -0.2) is 29.2 Å². The predicted molar refractivity (Wildman–Crippen MR) is 65.8 cm³/mol. The van der Waals surface area contributed by atoms with Crippen molar-refractivity contribution < 1.29 is 27.6 Å². The number of benzene rings is 1. The van der Waals surface area contributed by atoms with E-state index in [1.165, 1.54) is 6.07 Å². The maximum atomic E-state index is 13.1. The van der Waals surface area contributed by atoms with Crippen LogP contribution >= 0.6 is 0 Å². The number of halogens is 3. The van der Waals surface area contributed by atoms with E-state index < -0.39 is 28.6 Å². The van der Waals surface area contributed by atoms with Crippen LogP contribution in [-0.2, 0) is 9.53 Å². The van der Waals surface area contributed by atoms with Crippen LogP contribution in [0.2, 0.25) is 0 Å². The number of esters is 1. The normalized spacial score (nSPS) is 13.1. The lowest BCUT2D eigenvalue weighted by molar-refractivity contribution is -0.384. The van der Waals surface area contributed by atoms with Gasteiger partial charge in [0.15, 0.2) is 5.92 Å². The summed E-state index contributed by atoms with van der Waals surface area (Å²) in [6, 6.07) is 3.42. The van der Waals surface area contributed by atoms with E-state index in [4.69, 9.17) is 0 Å². The number of carbonyl (C=O) groups is 1. The number of nitrogens with one attached hydrogen (secondary N) is 1. The van der Waals surface area contributed by atoms with Gasteiger partial charge in [0.1, 0.15) is 0 Å². The first-order valence-electron chi connectivity index (χ1n) is 5.65. The number of carbonyl (C=O) groups excluding carboxylic acids is 1. The second kappa shape index (κ2) is 5.08. The molecule has 0 saturated carbocycles. The molecule has 0 spiro atoms. The lowest BCUT2D eigenvalue weighted by Gasteiger charge is -2.17. The summed E-state index contributed by atoms with van der Waals surface area (Å²) in [5.74, 6) is -3.98. The van der Waals surface area contributed by atoms with Crippen molar-refractivity contribution in [3.8, 4) is 0 Å². The van der Waals surface area contributed by atoms with E-state index in [1.54, 1.807) is 0 Å². The SMILES string of the molecule is COC(=O)[C@@H](c1c[nH]c2ccc([N+](=O)[O-])cc12)C(F)(F)F. The Morgan fingerprint density at radius 1 is 1.43 bits per heavy atom. The Morgan fingerprint density at radius 3 is 2.62 bits per heavy atom. The zero-order valence-electron chi connectivity index (χ0n) is 10.6. The number of aromatic nitrogens is 1. The molecule has 0 amide bonds. The molecule has 112 valence electrons. The van der Waals surface area contributed by atoms with Gasteiger partial charge in [-0.1, -0.05) is 0 Å². The van der Waals surface area contributed by atoms with Crippen molar-refractivity contribution in [2.75, 3.05) is 7.11 Å². The molecule has 2 rings (SSSR count). The summed E-state index contributed by atoms with van der Waals surface area (Å²) in [4.78, 5) is 24.0. The number of rotatable bonds is 3. The van der Waals surface area contributed by atoms with E-state index in [2.05, 4.69) is 9.72 Å². The molecule has 6 nitrogen and oxygen atoms in total. The van der Waals surface area contributed by atoms with Gasteiger partial charge < -0.3 is 9.72 Å². The number of hydrogen-bond acceptors (Lipinski definition) is 4. The van der Waals surface area contributed by atoms with Crippen molar-refractivity contribution in [1.82, 2.24) is 4.98 Å². The fourth-order valence-electron chi connectivity index (χ4n) is 2.04. The lowest BCUT2D eigenvalue weighted by Crippen LogP contribution is -2.29. The number of hydrogen-bond donors (Lipinski definition) is 1. The van der Waals surface area contributed by atoms with E-state index in [-0.39, 0.29) is 16.6 Å². The number of nitro benzene ring substituents is 1. The van der Waals surface area contributed by atoms with Crippen LogP contribution in [0.5, 0.6) is 0 Å². The summed E-state index contributed by atoms with van der Waals surface area (Å²) in [5, 5.41) is 10.7. The standard InChI is InChI=1S/C12H9F3N2O4/c1-21-11(18)10(12(13,14)15)8-5-16-9-3-2-6(17(19)20)4-7(8)9/h2-5,10,16H,1H3/t10-/m1/s1. The monoisotopic (exact) mass is 302 g/mol. The minimum Gasteiger partial charge on any atom is -0.468 e. The van der Waals surface area contributed by atoms with Crippen molar-refractivity contribution >= 4 is 22.6 Å². The first-order valence-corrected chi connectivity index (χ1v) is 5.65. The van der Waals surface area contributed by atoms with Crippen molar-refractivity contribution in [1.29, 1.82) is 0 Å². The highest BCUT2D eigenvalue weighted by Crippen LogP contribution is 2.39. The van der Waals surface area contributed by atoms with Gasteiger partial charge in [-0.15, -0.1) is 0 Å². The van der Waals surface area contributed by atoms with E-state index >= 15 is 0 Å². The summed E-state index contributed by atoms with van der Waals surface area (Å²) >= 11 is 0. The molecule has 0 aliphatic carbocycles. The highest BCUT2D eigenvalue weighted by Gasteiger charge is 2.48. The van der Waals surface area contributed by atoms with Gasteiger partial charge in [0.2, 0.25) is 0 Å². The van der Waals surface area contributed by atoms with Crippen molar-refractivity contribution in [3.05, 3.63) is 40.1 Å². The van der Waals surface area contributed by atoms with Gasteiger partial charge in [-0.3, -0.25) is 14.9 Å². The molecule has 21 heavy (non-hydrogen) atoms. The molecule has 0 radical (unpaired) electrons. The Bertz CT molecular complexity index is 708. The molecule has 0 saturated heterocycles. The molecule has 1 heterocycles. The number of H-pyrrole nitrogens is 1. The molecule has 0 fully saturated rings. The Kier molecular flexibility index (Phi) is 3.58. The Labute approximate surface area is 115 Å². The maximum absolute atomic E-state index is 13.1. The zero-order chi connectivity index (χ0) is 15.8. The number of methoxy groups -OCH3 is 1. The smallest absolute Gasteiger partial charge is 0.406 e. The lowest BCUT2D eigenvalue weighted by atomic mass is 9.98. The zero-order valence-corrected chi connectivity index (χ0v) is 10.6. The fourth-order valence-corrected chi connectivity index (χ4v) is 2.04. The number of non-ortho nitro benzene ring substituents is 1. The van der Waals surface area contributed by atoms with Gasteiger partial charge in [0.25, 0.3) is 5.69 Å². The molecule has 0 unspecified atom stereocenters. The van der Waals surface area contributed by atoms with Crippen molar-refractivity contribution in [2.24, 2.45) is 0 Å². The molecule has 1 aromatic carbocycles. The maximum Gasteiger partial charge on any atom is 0.406 e. The van der Waals surface area contributed by atoms with Crippen LogP contribution in [0, 0.1) is 10.1 Å². The molecular weight excluding hydrogens is 293 g/mol. The van der Waals surface area contributed by atoms with Gasteiger partial charge in [-0.25, -0.2) is 0 Å². The molecule has 0 aliphatic heterocycles. The van der Waals surface area contributed by atoms with Crippen LogP contribution in [0.25, 0.3) is 10.9 Å². The molecule has 0 bridgehead atoms. The third-order valence-corrected chi connectivity index (χ3v) is 2.98. The topological polar surface area (TPSA) is 85.2 Å². The Morgan fingerprint density at radius 2 is 2.10 bits per heavy atom. The average Bonchev–Trinajstić information content (AvgIpc) is 2.80. The fraction of sp³-hybridized carbons (Fsp3) is 0.250. The number of aromatic amines is 1. The van der Waals surface area contributed by atoms with Gasteiger partial charge in [-0.05, 0) is 6.07 Å². The number of fused-ring (bicyclic) bond motifs is 1. The molecule has 1 aromatic heterocycles. The van der Waals surface area contributed by atoms with Crippen LogP contribution in [0.1, 0.15) is 11.5 Å². The summed E-state index contributed by atoms with van der Waals surface area (Å²) in [6.45, 7) is 0. The second-order valence-corrected chi connectivity index (χ2v) is 4.23. The summed E-state index contributed by atoms with van der Waals surface area (Å²) < 4.78 is 43.4. The predicted octanol–water partition coefficient (Wildman–Crippen LogP) is 2.90. The largest absolute Gasteiger partial charge is 0.468 e. The van der Waals surface area contributed by atoms with Crippen molar-refractivity contribution in [2.45, 2.75) is 12.1 Å². The number of nitrogens with zero attached hydrogens (tertiary/aromatic N) is 1. The first-order chi connectivity index (χ1) is 9.75. The van der Waals surface area contributed by atoms with E-state index in [0.717, 1.165) is 25.4 Å². The van der Waals surface area contributed by atoms with Crippen LogP contribution in [0.3, 0.4) is 0 Å². The number of nitro groups is 1. The molecule has 1 N–H and O–H groups in total. The first kappa shape index (κ1) is 14.8. The van der Waals surface area contributed by atoms with Gasteiger partial charge in [-0.2, -0.15) is 13.2 Å². The van der Waals surface area contributed by atoms with Crippen LogP contribution < -0.4 is 0 Å². The molecule has 0 aliphatic rings. The highest BCUT2D eigenvalue weighted by atomic mass is 19.4. The van der Waals surface area contributed by atoms with Crippen molar-refractivity contribution in [3.63, 3.8) is 0 Å². The third kappa shape index (κ3) is 2.67. The van der Waals surface area contributed by atoms with Gasteiger partial charge in [0, 0.05) is 34.8 Å². The average molecular weight is 302 g/mol. The highest BCUT2D eigenvalue weighted by molar-refractivity contribution is 5.91. The molecular formula is C12H9F3N2O4. The van der Waals surface area contributed by atoms with Gasteiger partial charge in [0.05, 0.1) is 12.0 Å². The quantitative estimate of drug-likeness (QED) is 0.536. The number of ether oxygens (including phenoxy) is 1.